The standard InChI is InChI=1S/C19H14BrCl2NO3S2/c1-2-25-15-6-10(7-16-18(24)23-19(27)28-16)5-13(20)17(15)26-9-11-3-4-12(21)8-14(11)22/h3-8H,2,9H2,1H3,(H,23,24,27)/b16-7-. The molecule has 1 saturated heterocycles. The van der Waals surface area contributed by atoms with Crippen molar-refractivity contribution < 1.29 is 14.3 Å². The van der Waals surface area contributed by atoms with Crippen LogP contribution >= 0.6 is 63.1 Å². The highest BCUT2D eigenvalue weighted by Gasteiger charge is 2.22. The van der Waals surface area contributed by atoms with Crippen molar-refractivity contribution in [2.45, 2.75) is 13.5 Å². The van der Waals surface area contributed by atoms with Crippen LogP contribution in [0.15, 0.2) is 39.7 Å². The number of hydrogen-bond donors (Lipinski definition) is 1. The lowest BCUT2D eigenvalue weighted by Crippen LogP contribution is -2.17. The summed E-state index contributed by atoms with van der Waals surface area (Å²) in [6.07, 6.45) is 1.76. The van der Waals surface area contributed by atoms with E-state index in [0.717, 1.165) is 11.1 Å². The summed E-state index contributed by atoms with van der Waals surface area (Å²) in [5.41, 5.74) is 1.59. The Morgan fingerprint density at radius 1 is 1.25 bits per heavy atom. The van der Waals surface area contributed by atoms with Crippen LogP contribution in [0, 0.1) is 0 Å². The monoisotopic (exact) mass is 517 g/mol. The van der Waals surface area contributed by atoms with Crippen LogP contribution in [0.4, 0.5) is 0 Å². The number of rotatable bonds is 6. The Kier molecular flexibility index (Phi) is 7.28. The van der Waals surface area contributed by atoms with Crippen LogP contribution in [0.5, 0.6) is 11.5 Å². The van der Waals surface area contributed by atoms with Gasteiger partial charge in [0.15, 0.2) is 11.5 Å². The molecule has 0 aliphatic carbocycles. The molecule has 1 aliphatic heterocycles. The zero-order valence-corrected chi connectivity index (χ0v) is 19.3. The summed E-state index contributed by atoms with van der Waals surface area (Å²) in [5, 5.41) is 3.69. The van der Waals surface area contributed by atoms with Crippen molar-refractivity contribution >= 4 is 79.4 Å². The summed E-state index contributed by atoms with van der Waals surface area (Å²) in [5.74, 6) is 0.899. The van der Waals surface area contributed by atoms with Gasteiger partial charge in [-0.15, -0.1) is 0 Å². The third-order valence-electron chi connectivity index (χ3n) is 3.66. The number of carbonyl (C=O) groups is 1. The van der Waals surface area contributed by atoms with Crippen LogP contribution in [0.3, 0.4) is 0 Å². The predicted octanol–water partition coefficient (Wildman–Crippen LogP) is 6.22. The summed E-state index contributed by atoms with van der Waals surface area (Å²) >= 11 is 21.9. The van der Waals surface area contributed by atoms with Crippen LogP contribution in [0.1, 0.15) is 18.1 Å². The van der Waals surface area contributed by atoms with Gasteiger partial charge in [0.2, 0.25) is 0 Å². The van der Waals surface area contributed by atoms with Crippen molar-refractivity contribution in [3.8, 4) is 11.5 Å². The molecule has 0 radical (unpaired) electrons. The Balaban J connectivity index is 1.87. The van der Waals surface area contributed by atoms with Crippen molar-refractivity contribution in [2.24, 2.45) is 0 Å². The van der Waals surface area contributed by atoms with E-state index in [1.807, 2.05) is 25.1 Å². The van der Waals surface area contributed by atoms with Crippen LogP contribution in [-0.2, 0) is 11.4 Å². The normalized spacial score (nSPS) is 15.1. The van der Waals surface area contributed by atoms with Gasteiger partial charge in [0.1, 0.15) is 10.9 Å². The van der Waals surface area contributed by atoms with E-state index < -0.39 is 0 Å². The number of amides is 1. The van der Waals surface area contributed by atoms with Gasteiger partial charge < -0.3 is 14.8 Å². The largest absolute Gasteiger partial charge is 0.490 e. The smallest absolute Gasteiger partial charge is 0.263 e. The molecule has 2 aromatic carbocycles. The van der Waals surface area contributed by atoms with E-state index in [0.29, 0.717) is 41.8 Å². The molecule has 3 rings (SSSR count). The maximum atomic E-state index is 11.9. The molecule has 1 heterocycles. The lowest BCUT2D eigenvalue weighted by atomic mass is 10.1. The summed E-state index contributed by atoms with van der Waals surface area (Å²) < 4.78 is 12.8. The van der Waals surface area contributed by atoms with E-state index in [1.165, 1.54) is 11.8 Å². The van der Waals surface area contributed by atoms with Gasteiger partial charge in [-0.2, -0.15) is 0 Å². The molecule has 1 N–H and O–H groups in total. The van der Waals surface area contributed by atoms with Crippen molar-refractivity contribution in [2.75, 3.05) is 6.61 Å². The molecule has 0 saturated carbocycles. The van der Waals surface area contributed by atoms with Gasteiger partial charge in [0, 0.05) is 15.6 Å². The molecule has 0 spiro atoms. The van der Waals surface area contributed by atoms with Gasteiger partial charge >= 0.3 is 0 Å². The van der Waals surface area contributed by atoms with E-state index in [9.17, 15) is 4.79 Å². The first-order valence-corrected chi connectivity index (χ1v) is 10.9. The van der Waals surface area contributed by atoms with Crippen LogP contribution in [-0.4, -0.2) is 16.8 Å². The lowest BCUT2D eigenvalue weighted by Gasteiger charge is -2.15. The molecular formula is C19H14BrCl2NO3S2. The minimum Gasteiger partial charge on any atom is -0.490 e. The van der Waals surface area contributed by atoms with Crippen molar-refractivity contribution in [3.05, 3.63) is 60.9 Å². The number of benzene rings is 2. The summed E-state index contributed by atoms with van der Waals surface area (Å²) in [4.78, 5) is 12.4. The fourth-order valence-corrected chi connectivity index (χ4v) is 4.52. The van der Waals surface area contributed by atoms with Gasteiger partial charge in [-0.3, -0.25) is 4.79 Å². The van der Waals surface area contributed by atoms with E-state index in [4.69, 9.17) is 44.9 Å². The number of nitrogens with one attached hydrogen (secondary N) is 1. The van der Waals surface area contributed by atoms with E-state index >= 15 is 0 Å². The molecule has 146 valence electrons. The number of thioether (sulfide) groups is 1. The number of hydrogen-bond acceptors (Lipinski definition) is 5. The second-order valence-corrected chi connectivity index (χ2v) is 9.06. The van der Waals surface area contributed by atoms with Crippen LogP contribution < -0.4 is 14.8 Å². The Bertz CT molecular complexity index is 982. The van der Waals surface area contributed by atoms with Gasteiger partial charge in [0.25, 0.3) is 5.91 Å². The molecule has 0 bridgehead atoms. The average Bonchev–Trinajstić information content (AvgIpc) is 2.93. The summed E-state index contributed by atoms with van der Waals surface area (Å²) in [6.45, 7) is 2.60. The molecule has 2 aromatic rings. The summed E-state index contributed by atoms with van der Waals surface area (Å²) in [7, 11) is 0. The molecular weight excluding hydrogens is 505 g/mol. The Morgan fingerprint density at radius 3 is 2.68 bits per heavy atom. The average molecular weight is 519 g/mol. The van der Waals surface area contributed by atoms with Crippen LogP contribution in [0.2, 0.25) is 10.0 Å². The quantitative estimate of drug-likeness (QED) is 0.363. The number of carbonyl (C=O) groups excluding carboxylic acids is 1. The number of ether oxygens (including phenoxy) is 2. The Labute approximate surface area is 190 Å². The van der Waals surface area contributed by atoms with Gasteiger partial charge in [-0.25, -0.2) is 0 Å². The molecule has 1 amide bonds. The first-order chi connectivity index (χ1) is 13.4. The van der Waals surface area contributed by atoms with Crippen molar-refractivity contribution in [1.82, 2.24) is 5.32 Å². The lowest BCUT2D eigenvalue weighted by molar-refractivity contribution is -0.115. The number of thiocarbonyl (C=S) groups is 1. The van der Waals surface area contributed by atoms with E-state index in [2.05, 4.69) is 21.2 Å². The molecule has 1 aliphatic rings. The Morgan fingerprint density at radius 2 is 2.04 bits per heavy atom. The first kappa shape index (κ1) is 21.5. The predicted molar refractivity (Wildman–Crippen MR) is 122 cm³/mol. The molecule has 1 fully saturated rings. The second-order valence-electron chi connectivity index (χ2n) is 5.64. The van der Waals surface area contributed by atoms with E-state index in [-0.39, 0.29) is 12.5 Å². The fraction of sp³-hybridized carbons (Fsp3) is 0.158. The topological polar surface area (TPSA) is 47.6 Å². The highest BCUT2D eigenvalue weighted by atomic mass is 79.9. The van der Waals surface area contributed by atoms with Crippen molar-refractivity contribution in [1.29, 1.82) is 0 Å². The van der Waals surface area contributed by atoms with E-state index in [1.54, 1.807) is 18.2 Å². The summed E-state index contributed by atoms with van der Waals surface area (Å²) in [6, 6.07) is 8.91. The highest BCUT2D eigenvalue weighted by molar-refractivity contribution is 9.10. The van der Waals surface area contributed by atoms with Gasteiger partial charge in [-0.05, 0) is 58.8 Å². The first-order valence-electron chi connectivity index (χ1n) is 8.15. The maximum absolute atomic E-state index is 11.9. The molecule has 0 atom stereocenters. The number of halogens is 3. The van der Waals surface area contributed by atoms with Gasteiger partial charge in [0.05, 0.1) is 16.0 Å². The third-order valence-corrected chi connectivity index (χ3v) is 6.00. The van der Waals surface area contributed by atoms with Crippen molar-refractivity contribution in [3.63, 3.8) is 0 Å². The van der Waals surface area contributed by atoms with Crippen LogP contribution in [0.25, 0.3) is 6.08 Å². The molecule has 28 heavy (non-hydrogen) atoms. The minimum atomic E-state index is -0.207. The maximum Gasteiger partial charge on any atom is 0.263 e. The molecule has 4 nitrogen and oxygen atoms in total. The van der Waals surface area contributed by atoms with Gasteiger partial charge in [-0.1, -0.05) is 53.2 Å². The molecule has 0 unspecified atom stereocenters. The third kappa shape index (κ3) is 5.21. The SMILES string of the molecule is CCOc1cc(/C=C2\SC(=S)NC2=O)cc(Br)c1OCc1ccc(Cl)cc1Cl. The minimum absolute atomic E-state index is 0.207. The Hall–Kier alpha value is -1.25. The fourth-order valence-electron chi connectivity index (χ4n) is 2.44. The molecule has 0 aromatic heterocycles. The highest BCUT2D eigenvalue weighted by Crippen LogP contribution is 2.39. The zero-order valence-electron chi connectivity index (χ0n) is 14.6. The molecule has 9 heteroatoms. The zero-order chi connectivity index (χ0) is 20.3. The second kappa shape index (κ2) is 9.50.